The van der Waals surface area contributed by atoms with Gasteiger partial charge in [0, 0.05) is 23.7 Å². The minimum Gasteiger partial charge on any atom is -0.480 e. The quantitative estimate of drug-likeness (QED) is 0.341. The molecule has 1 atom stereocenters. The highest BCUT2D eigenvalue weighted by Crippen LogP contribution is 2.40. The van der Waals surface area contributed by atoms with Crippen molar-refractivity contribution in [1.29, 1.82) is 0 Å². The third-order valence-corrected chi connectivity index (χ3v) is 7.83. The molecule has 0 saturated heterocycles. The molecule has 1 heterocycles. The van der Waals surface area contributed by atoms with Crippen LogP contribution in [-0.4, -0.2) is 38.3 Å². The highest BCUT2D eigenvalue weighted by molar-refractivity contribution is 5.95. The number of hydrogen-bond acceptors (Lipinski definition) is 3. The van der Waals surface area contributed by atoms with Crippen molar-refractivity contribution >= 4 is 11.9 Å². The molecule has 1 aromatic heterocycles. The smallest absolute Gasteiger partial charge is 0.326 e. The van der Waals surface area contributed by atoms with Gasteiger partial charge in [0.15, 0.2) is 0 Å². The number of benzene rings is 1. The van der Waals surface area contributed by atoms with Gasteiger partial charge in [-0.3, -0.25) is 4.79 Å². The predicted molar refractivity (Wildman–Crippen MR) is 149 cm³/mol. The van der Waals surface area contributed by atoms with Crippen LogP contribution in [0.5, 0.6) is 0 Å². The molecule has 0 aliphatic carbocycles. The summed E-state index contributed by atoms with van der Waals surface area (Å²) < 4.78 is 1.90. The Morgan fingerprint density at radius 3 is 2.08 bits per heavy atom. The normalized spacial score (nSPS) is 12.7. The first-order valence-electron chi connectivity index (χ1n) is 13.5. The predicted octanol–water partition coefficient (Wildman–Crippen LogP) is 5.66. The van der Waals surface area contributed by atoms with E-state index in [9.17, 15) is 19.8 Å². The van der Waals surface area contributed by atoms with Crippen LogP contribution in [-0.2, 0) is 16.8 Å². The molecule has 0 saturated carbocycles. The highest BCUT2D eigenvalue weighted by atomic mass is 16.4. The maximum atomic E-state index is 13.2. The number of aliphatic carboxylic acids is 1. The number of aromatic nitrogens is 1. The molecule has 6 heteroatoms. The van der Waals surface area contributed by atoms with Crippen molar-refractivity contribution in [3.05, 3.63) is 58.4 Å². The molecule has 202 valence electrons. The molecule has 0 bridgehead atoms. The van der Waals surface area contributed by atoms with E-state index in [2.05, 4.69) is 43.1 Å². The Hall–Kier alpha value is -3.04. The molecule has 37 heavy (non-hydrogen) atoms. The lowest BCUT2D eigenvalue weighted by Gasteiger charge is -2.32. The van der Waals surface area contributed by atoms with Crippen molar-refractivity contribution in [2.45, 2.75) is 105 Å². The largest absolute Gasteiger partial charge is 0.480 e. The summed E-state index contributed by atoms with van der Waals surface area (Å²) in [6.45, 7) is 16.3. The van der Waals surface area contributed by atoms with Crippen molar-refractivity contribution in [3.63, 3.8) is 0 Å². The van der Waals surface area contributed by atoms with E-state index in [-0.39, 0.29) is 17.2 Å². The van der Waals surface area contributed by atoms with E-state index in [1.54, 1.807) is 13.8 Å². The van der Waals surface area contributed by atoms with E-state index in [1.165, 1.54) is 0 Å². The Morgan fingerprint density at radius 1 is 1.00 bits per heavy atom. The van der Waals surface area contributed by atoms with Crippen LogP contribution in [0.3, 0.4) is 0 Å². The van der Waals surface area contributed by atoms with Crippen LogP contribution in [0.25, 0.3) is 0 Å². The number of nitrogens with one attached hydrogen (secondary N) is 1. The van der Waals surface area contributed by atoms with Crippen LogP contribution in [0, 0.1) is 24.7 Å². The third-order valence-electron chi connectivity index (χ3n) is 7.83. The monoisotopic (exact) mass is 508 g/mol. The van der Waals surface area contributed by atoms with Gasteiger partial charge in [-0.1, -0.05) is 65.5 Å². The number of carbonyl (C=O) groups is 2. The second-order valence-corrected chi connectivity index (χ2v) is 10.2. The zero-order valence-electron chi connectivity index (χ0n) is 23.7. The maximum absolute atomic E-state index is 13.2. The SMILES string of the molecule is CCn1cc(C(CC)(CC)c2ccc(C#CC(O)(CC)CC)c(C)c2)cc1C(=O)N[C@@H](C(=O)O)C(C)C. The Bertz CT molecular complexity index is 1160. The summed E-state index contributed by atoms with van der Waals surface area (Å²) in [5.74, 6) is 4.58. The summed E-state index contributed by atoms with van der Waals surface area (Å²) in [6.07, 6.45) is 4.85. The van der Waals surface area contributed by atoms with E-state index in [4.69, 9.17) is 0 Å². The summed E-state index contributed by atoms with van der Waals surface area (Å²) in [6, 6.07) is 7.25. The fourth-order valence-electron chi connectivity index (χ4n) is 4.90. The second-order valence-electron chi connectivity index (χ2n) is 10.2. The second kappa shape index (κ2) is 12.5. The zero-order valence-corrected chi connectivity index (χ0v) is 23.7. The summed E-state index contributed by atoms with van der Waals surface area (Å²) >= 11 is 0. The molecule has 2 rings (SSSR count). The van der Waals surface area contributed by atoms with Gasteiger partial charge in [0.2, 0.25) is 0 Å². The minimum absolute atomic E-state index is 0.230. The topological polar surface area (TPSA) is 91.6 Å². The van der Waals surface area contributed by atoms with Gasteiger partial charge in [-0.15, -0.1) is 0 Å². The third kappa shape index (κ3) is 6.45. The number of aliphatic hydroxyl groups is 1. The number of carboxylic acid groups (broad SMARTS) is 1. The van der Waals surface area contributed by atoms with Crippen LogP contribution in [0.1, 0.15) is 107 Å². The average Bonchev–Trinajstić information content (AvgIpc) is 3.32. The summed E-state index contributed by atoms with van der Waals surface area (Å²) in [4.78, 5) is 24.8. The van der Waals surface area contributed by atoms with E-state index < -0.39 is 17.6 Å². The van der Waals surface area contributed by atoms with Gasteiger partial charge in [0.1, 0.15) is 17.3 Å². The first-order valence-corrected chi connectivity index (χ1v) is 13.5. The molecule has 0 aliphatic rings. The Morgan fingerprint density at radius 2 is 1.62 bits per heavy atom. The molecule has 6 nitrogen and oxygen atoms in total. The summed E-state index contributed by atoms with van der Waals surface area (Å²) in [7, 11) is 0. The van der Waals surface area contributed by atoms with Crippen LogP contribution in [0.2, 0.25) is 0 Å². The molecule has 0 unspecified atom stereocenters. The van der Waals surface area contributed by atoms with Gasteiger partial charge in [-0.2, -0.15) is 0 Å². The molecular formula is C31H44N2O4. The van der Waals surface area contributed by atoms with Crippen molar-refractivity contribution in [3.8, 4) is 11.8 Å². The molecule has 1 aromatic carbocycles. The van der Waals surface area contributed by atoms with Gasteiger partial charge in [-0.05, 0) is 74.3 Å². The summed E-state index contributed by atoms with van der Waals surface area (Å²) in [5.41, 5.74) is 3.29. The number of rotatable bonds is 11. The van der Waals surface area contributed by atoms with Crippen LogP contribution in [0.15, 0.2) is 30.5 Å². The molecule has 0 aliphatic heterocycles. The van der Waals surface area contributed by atoms with Crippen molar-refractivity contribution in [2.24, 2.45) is 5.92 Å². The van der Waals surface area contributed by atoms with E-state index in [0.29, 0.717) is 25.1 Å². The molecule has 0 fully saturated rings. The van der Waals surface area contributed by atoms with Gasteiger partial charge >= 0.3 is 5.97 Å². The van der Waals surface area contributed by atoms with Gasteiger partial charge in [-0.25, -0.2) is 4.79 Å². The van der Waals surface area contributed by atoms with E-state index in [0.717, 1.165) is 35.1 Å². The van der Waals surface area contributed by atoms with Crippen molar-refractivity contribution in [1.82, 2.24) is 9.88 Å². The van der Waals surface area contributed by atoms with Gasteiger partial charge < -0.3 is 20.1 Å². The molecule has 2 aromatic rings. The molecule has 0 spiro atoms. The fourth-order valence-corrected chi connectivity index (χ4v) is 4.90. The molecule has 3 N–H and O–H groups in total. The molecule has 1 amide bonds. The number of carboxylic acids is 1. The first kappa shape index (κ1) is 30.2. The first-order chi connectivity index (χ1) is 17.4. The van der Waals surface area contributed by atoms with Crippen molar-refractivity contribution in [2.75, 3.05) is 0 Å². The molecule has 0 radical (unpaired) electrons. The number of amides is 1. The van der Waals surface area contributed by atoms with Crippen LogP contribution in [0.4, 0.5) is 0 Å². The fraction of sp³-hybridized carbons (Fsp3) is 0.548. The number of hydrogen-bond donors (Lipinski definition) is 3. The number of aryl methyl sites for hydroxylation is 2. The average molecular weight is 509 g/mol. The number of carbonyl (C=O) groups excluding carboxylic acids is 1. The minimum atomic E-state index is -1.04. The lowest BCUT2D eigenvalue weighted by Crippen LogP contribution is -2.44. The Balaban J connectivity index is 2.53. The van der Waals surface area contributed by atoms with Gasteiger partial charge in [0.25, 0.3) is 5.91 Å². The number of nitrogens with zero attached hydrogens (tertiary/aromatic N) is 1. The van der Waals surface area contributed by atoms with Crippen molar-refractivity contribution < 1.29 is 19.8 Å². The Labute approximate surface area is 222 Å². The molecular weight excluding hydrogens is 464 g/mol. The lowest BCUT2D eigenvalue weighted by atomic mass is 9.71. The van der Waals surface area contributed by atoms with E-state index in [1.807, 2.05) is 50.6 Å². The summed E-state index contributed by atoms with van der Waals surface area (Å²) in [5, 5.41) is 22.8. The Kier molecular flexibility index (Phi) is 10.2. The van der Waals surface area contributed by atoms with E-state index >= 15 is 0 Å². The van der Waals surface area contributed by atoms with Crippen LogP contribution >= 0.6 is 0 Å². The standard InChI is InChI=1S/C31H44N2O4/c1-9-30(37,10-2)17-16-23-14-15-24(18-22(23)8)31(11-3,12-4)25-19-26(33(13-5)20-25)28(34)32-27(21(6)7)29(35)36/h14-15,18-21,27,37H,9-13H2,1-8H3,(H,32,34)(H,35,36)/t27-/m1/s1. The maximum Gasteiger partial charge on any atom is 0.326 e. The van der Waals surface area contributed by atoms with Gasteiger partial charge in [0.05, 0.1) is 0 Å². The lowest BCUT2D eigenvalue weighted by molar-refractivity contribution is -0.140. The highest BCUT2D eigenvalue weighted by Gasteiger charge is 2.34. The van der Waals surface area contributed by atoms with Crippen LogP contribution < -0.4 is 5.32 Å². The zero-order chi connectivity index (χ0) is 28.0.